The zero-order chi connectivity index (χ0) is 19.7. The maximum atomic E-state index is 12.5. The summed E-state index contributed by atoms with van der Waals surface area (Å²) < 4.78 is 11.5. The van der Waals surface area contributed by atoms with Gasteiger partial charge in [-0.2, -0.15) is 0 Å². The van der Waals surface area contributed by atoms with Crippen molar-refractivity contribution in [2.24, 2.45) is 0 Å². The third-order valence-corrected chi connectivity index (χ3v) is 5.59. The summed E-state index contributed by atoms with van der Waals surface area (Å²) in [4.78, 5) is 14.3. The van der Waals surface area contributed by atoms with Crippen LogP contribution >= 0.6 is 11.6 Å². The molecule has 1 aliphatic rings. The number of fused-ring (bicyclic) bond motifs is 1. The van der Waals surface area contributed by atoms with Gasteiger partial charge in [-0.3, -0.25) is 4.79 Å². The Morgan fingerprint density at radius 1 is 1.07 bits per heavy atom. The summed E-state index contributed by atoms with van der Waals surface area (Å²) in [7, 11) is 3.33. The van der Waals surface area contributed by atoms with Gasteiger partial charge in [-0.25, -0.2) is 0 Å². The Balaban J connectivity index is 2.34. The van der Waals surface area contributed by atoms with Gasteiger partial charge in [0.2, 0.25) is 5.91 Å². The van der Waals surface area contributed by atoms with Gasteiger partial charge in [0.05, 0.1) is 26.2 Å². The van der Waals surface area contributed by atoms with Crippen molar-refractivity contribution in [2.75, 3.05) is 25.7 Å². The summed E-state index contributed by atoms with van der Waals surface area (Å²) in [5, 5.41) is 0.638. The fraction of sp³-hybridized carbons (Fsp3) is 0.409. The van der Waals surface area contributed by atoms with E-state index in [1.54, 1.807) is 19.1 Å². The molecule has 27 heavy (non-hydrogen) atoms. The Morgan fingerprint density at radius 3 is 2.22 bits per heavy atom. The molecule has 144 valence electrons. The monoisotopic (exact) mass is 387 g/mol. The fourth-order valence-corrected chi connectivity index (χ4v) is 4.12. The summed E-state index contributed by atoms with van der Waals surface area (Å²) in [6.07, 6.45) is 2.35. The van der Waals surface area contributed by atoms with Gasteiger partial charge in [-0.1, -0.05) is 24.9 Å². The van der Waals surface area contributed by atoms with Crippen molar-refractivity contribution in [1.29, 1.82) is 0 Å². The Bertz CT molecular complexity index is 867. The first-order chi connectivity index (χ1) is 13.0. The van der Waals surface area contributed by atoms with Crippen molar-refractivity contribution in [3.63, 3.8) is 0 Å². The molecule has 2 aromatic carbocycles. The lowest BCUT2D eigenvalue weighted by Gasteiger charge is -2.21. The van der Waals surface area contributed by atoms with Gasteiger partial charge < -0.3 is 14.4 Å². The fourth-order valence-electron chi connectivity index (χ4n) is 3.92. The molecule has 0 saturated heterocycles. The van der Waals surface area contributed by atoms with Crippen LogP contribution in [0.1, 0.15) is 37.0 Å². The van der Waals surface area contributed by atoms with E-state index >= 15 is 0 Å². The second kappa shape index (κ2) is 7.81. The third kappa shape index (κ3) is 3.27. The highest BCUT2D eigenvalue weighted by atomic mass is 35.5. The van der Waals surface area contributed by atoms with E-state index in [1.807, 2.05) is 19.9 Å². The summed E-state index contributed by atoms with van der Waals surface area (Å²) in [6, 6.07) is 6.01. The van der Waals surface area contributed by atoms with Gasteiger partial charge in [0.25, 0.3) is 0 Å². The maximum Gasteiger partial charge on any atom is 0.231 e. The number of amides is 1. The van der Waals surface area contributed by atoms with Gasteiger partial charge in [-0.15, -0.1) is 0 Å². The van der Waals surface area contributed by atoms with Crippen LogP contribution in [0.4, 0.5) is 5.69 Å². The molecule has 0 atom stereocenters. The first-order valence-electron chi connectivity index (χ1n) is 9.34. The molecule has 1 heterocycles. The van der Waals surface area contributed by atoms with Crippen molar-refractivity contribution < 1.29 is 14.3 Å². The average Bonchev–Trinajstić information content (AvgIpc) is 2.97. The van der Waals surface area contributed by atoms with Crippen LogP contribution in [0.15, 0.2) is 18.2 Å². The Morgan fingerprint density at radius 2 is 1.70 bits per heavy atom. The lowest BCUT2D eigenvalue weighted by molar-refractivity contribution is -0.117. The van der Waals surface area contributed by atoms with Crippen LogP contribution < -0.4 is 14.4 Å². The summed E-state index contributed by atoms with van der Waals surface area (Å²) in [5.74, 6) is 1.58. The third-order valence-electron chi connectivity index (χ3n) is 5.20. The quantitative estimate of drug-likeness (QED) is 0.684. The number of nitrogens with zero attached hydrogens (tertiary/aromatic N) is 1. The predicted molar refractivity (Wildman–Crippen MR) is 110 cm³/mol. The van der Waals surface area contributed by atoms with Crippen LogP contribution in [0.5, 0.6) is 11.5 Å². The molecule has 3 rings (SSSR count). The van der Waals surface area contributed by atoms with Crippen molar-refractivity contribution in [3.05, 3.63) is 39.9 Å². The number of methoxy groups -OCH3 is 2. The number of hydrogen-bond donors (Lipinski definition) is 0. The van der Waals surface area contributed by atoms with Crippen LogP contribution in [0.3, 0.4) is 0 Å². The Hall–Kier alpha value is -2.20. The minimum atomic E-state index is 0.0935. The van der Waals surface area contributed by atoms with E-state index in [9.17, 15) is 4.79 Å². The SMILES string of the molecule is CCCc1cc(OC)c(-c2c(C)c(Cl)cc3c2CC(=O)N3CC)c(OC)c1. The standard InChI is InChI=1S/C22H26ClNO3/c1-6-8-14-9-18(26-4)22(19(10-14)27-5)21-13(3)16(23)12-17-15(21)11-20(25)24(17)7-2/h9-10,12H,6-8,11H2,1-5H3. The maximum absolute atomic E-state index is 12.5. The normalized spacial score (nSPS) is 13.1. The van der Waals surface area contributed by atoms with Crippen molar-refractivity contribution >= 4 is 23.2 Å². The molecule has 0 bridgehead atoms. The van der Waals surface area contributed by atoms with Gasteiger partial charge in [0, 0.05) is 17.3 Å². The molecule has 0 radical (unpaired) electrons. The topological polar surface area (TPSA) is 38.8 Å². The average molecular weight is 388 g/mol. The molecule has 0 aromatic heterocycles. The molecule has 0 fully saturated rings. The molecule has 5 heteroatoms. The highest BCUT2D eigenvalue weighted by molar-refractivity contribution is 6.32. The van der Waals surface area contributed by atoms with Crippen LogP contribution in [-0.2, 0) is 17.6 Å². The lowest BCUT2D eigenvalue weighted by atomic mass is 9.90. The molecular weight excluding hydrogens is 362 g/mol. The molecule has 1 amide bonds. The minimum absolute atomic E-state index is 0.0935. The second-order valence-corrected chi connectivity index (χ2v) is 7.20. The van der Waals surface area contributed by atoms with E-state index < -0.39 is 0 Å². The zero-order valence-corrected chi connectivity index (χ0v) is 17.4. The molecule has 0 N–H and O–H groups in total. The van der Waals surface area contributed by atoms with Crippen LogP contribution in [-0.4, -0.2) is 26.7 Å². The Kier molecular flexibility index (Phi) is 5.66. The number of carbonyl (C=O) groups is 1. The van der Waals surface area contributed by atoms with Crippen molar-refractivity contribution in [3.8, 4) is 22.6 Å². The first-order valence-corrected chi connectivity index (χ1v) is 9.72. The molecule has 1 aliphatic heterocycles. The van der Waals surface area contributed by atoms with E-state index in [2.05, 4.69) is 19.1 Å². The highest BCUT2D eigenvalue weighted by Crippen LogP contribution is 2.48. The molecule has 0 unspecified atom stereocenters. The number of carbonyl (C=O) groups excluding carboxylic acids is 1. The smallest absolute Gasteiger partial charge is 0.231 e. The van der Waals surface area contributed by atoms with Crippen LogP contribution in [0, 0.1) is 6.92 Å². The number of benzene rings is 2. The van der Waals surface area contributed by atoms with Gasteiger partial charge >= 0.3 is 0 Å². The lowest BCUT2D eigenvalue weighted by Crippen LogP contribution is -2.25. The summed E-state index contributed by atoms with van der Waals surface area (Å²) >= 11 is 6.57. The van der Waals surface area contributed by atoms with Gasteiger partial charge in [0.15, 0.2) is 0 Å². The number of halogens is 1. The number of anilines is 1. The number of aryl methyl sites for hydroxylation is 1. The zero-order valence-electron chi connectivity index (χ0n) is 16.6. The van der Waals surface area contributed by atoms with Crippen molar-refractivity contribution in [1.82, 2.24) is 0 Å². The van der Waals surface area contributed by atoms with Crippen LogP contribution in [0.2, 0.25) is 5.02 Å². The molecule has 0 spiro atoms. The molecule has 4 nitrogen and oxygen atoms in total. The van der Waals surface area contributed by atoms with Gasteiger partial charge in [0.1, 0.15) is 11.5 Å². The molecule has 0 saturated carbocycles. The number of hydrogen-bond acceptors (Lipinski definition) is 3. The predicted octanol–water partition coefficient (Wildman–Crippen LogP) is 5.19. The minimum Gasteiger partial charge on any atom is -0.496 e. The molecular formula is C22H26ClNO3. The number of rotatable bonds is 6. The summed E-state index contributed by atoms with van der Waals surface area (Å²) in [6.45, 7) is 6.72. The van der Waals surface area contributed by atoms with Crippen LogP contribution in [0.25, 0.3) is 11.1 Å². The largest absolute Gasteiger partial charge is 0.496 e. The van der Waals surface area contributed by atoms with E-state index in [1.165, 1.54) is 0 Å². The van der Waals surface area contributed by atoms with E-state index in [-0.39, 0.29) is 5.91 Å². The summed E-state index contributed by atoms with van der Waals surface area (Å²) in [5.41, 5.74) is 5.78. The molecule has 2 aromatic rings. The van der Waals surface area contributed by atoms with Gasteiger partial charge in [-0.05, 0) is 60.7 Å². The molecule has 0 aliphatic carbocycles. The van der Waals surface area contributed by atoms with E-state index in [4.69, 9.17) is 21.1 Å². The van der Waals surface area contributed by atoms with E-state index in [0.29, 0.717) is 18.0 Å². The van der Waals surface area contributed by atoms with E-state index in [0.717, 1.165) is 57.8 Å². The number of likely N-dealkylation sites (N-methyl/N-ethyl adjacent to an activating group) is 1. The first kappa shape index (κ1) is 19.6. The van der Waals surface area contributed by atoms with Crippen molar-refractivity contribution in [2.45, 2.75) is 40.0 Å². The Labute approximate surface area is 166 Å². The number of ether oxygens (including phenoxy) is 2. The second-order valence-electron chi connectivity index (χ2n) is 6.80. The highest BCUT2D eigenvalue weighted by Gasteiger charge is 2.32.